The highest BCUT2D eigenvalue weighted by Gasteiger charge is 2.12. The highest BCUT2D eigenvalue weighted by molar-refractivity contribution is 7.99. The number of hydrogen-bond donors (Lipinski definition) is 1. The molecule has 0 fully saturated rings. The number of halogens is 1. The molecule has 0 aliphatic rings. The lowest BCUT2D eigenvalue weighted by Gasteiger charge is -2.22. The Kier molecular flexibility index (Phi) is 9.42. The van der Waals surface area contributed by atoms with Crippen molar-refractivity contribution in [1.82, 2.24) is 15.3 Å². The maximum absolute atomic E-state index is 12.1. The van der Waals surface area contributed by atoms with E-state index in [1.165, 1.54) is 17.3 Å². The second-order valence-electron chi connectivity index (χ2n) is 6.19. The predicted octanol–water partition coefficient (Wildman–Crippen LogP) is 4.21. The molecule has 2 rings (SSSR count). The first-order valence-corrected chi connectivity index (χ1v) is 10.7. The zero-order valence-corrected chi connectivity index (χ0v) is 17.5. The van der Waals surface area contributed by atoms with Crippen LogP contribution in [0, 0.1) is 0 Å². The molecular weight excluding hydrogens is 380 g/mol. The van der Waals surface area contributed by atoms with Gasteiger partial charge in [-0.25, -0.2) is 9.97 Å². The standard InChI is InChI=1S/C20H27ClN4OS/c1-3-12-25(13-4-2)18-14-17(21)23-20(24-18)27-15-19(26)22-11-10-16-8-6-5-7-9-16/h5-9,14H,3-4,10-13,15H2,1-2H3,(H,22,26). The maximum atomic E-state index is 12.1. The third-order valence-electron chi connectivity index (χ3n) is 3.88. The molecule has 0 unspecified atom stereocenters. The third kappa shape index (κ3) is 7.77. The molecule has 27 heavy (non-hydrogen) atoms. The molecule has 0 saturated heterocycles. The Hall–Kier alpha value is -1.79. The largest absolute Gasteiger partial charge is 0.356 e. The first kappa shape index (κ1) is 21.5. The van der Waals surface area contributed by atoms with Crippen molar-refractivity contribution < 1.29 is 4.79 Å². The lowest BCUT2D eigenvalue weighted by molar-refractivity contribution is -0.118. The van der Waals surface area contributed by atoms with Crippen LogP contribution < -0.4 is 10.2 Å². The molecule has 2 aromatic rings. The molecular formula is C20H27ClN4OS. The molecule has 0 radical (unpaired) electrons. The summed E-state index contributed by atoms with van der Waals surface area (Å²) in [6.07, 6.45) is 2.89. The number of amides is 1. The van der Waals surface area contributed by atoms with Crippen LogP contribution in [-0.2, 0) is 11.2 Å². The van der Waals surface area contributed by atoms with Crippen LogP contribution in [0.3, 0.4) is 0 Å². The molecule has 0 atom stereocenters. The van der Waals surface area contributed by atoms with Gasteiger partial charge < -0.3 is 10.2 Å². The van der Waals surface area contributed by atoms with E-state index in [1.54, 1.807) is 6.07 Å². The topological polar surface area (TPSA) is 58.1 Å². The van der Waals surface area contributed by atoms with Gasteiger partial charge in [0, 0.05) is 25.7 Å². The summed E-state index contributed by atoms with van der Waals surface area (Å²) in [5.74, 6) is 1.07. The number of nitrogens with one attached hydrogen (secondary N) is 1. The van der Waals surface area contributed by atoms with Crippen molar-refractivity contribution >= 4 is 35.1 Å². The van der Waals surface area contributed by atoms with Gasteiger partial charge in [-0.05, 0) is 24.8 Å². The van der Waals surface area contributed by atoms with E-state index < -0.39 is 0 Å². The minimum Gasteiger partial charge on any atom is -0.356 e. The van der Waals surface area contributed by atoms with Crippen molar-refractivity contribution in [3.05, 3.63) is 47.1 Å². The van der Waals surface area contributed by atoms with Crippen molar-refractivity contribution in [3.63, 3.8) is 0 Å². The Bertz CT molecular complexity index is 708. The fourth-order valence-electron chi connectivity index (χ4n) is 2.66. The lowest BCUT2D eigenvalue weighted by Crippen LogP contribution is -2.27. The number of hydrogen-bond acceptors (Lipinski definition) is 5. The van der Waals surface area contributed by atoms with Gasteiger partial charge >= 0.3 is 0 Å². The number of benzene rings is 1. The van der Waals surface area contributed by atoms with Crippen LogP contribution in [0.25, 0.3) is 0 Å². The van der Waals surface area contributed by atoms with Crippen LogP contribution in [0.1, 0.15) is 32.3 Å². The summed E-state index contributed by atoms with van der Waals surface area (Å²) in [6.45, 7) is 6.74. The van der Waals surface area contributed by atoms with Crippen LogP contribution in [0.5, 0.6) is 0 Å². The molecule has 7 heteroatoms. The molecule has 0 aliphatic heterocycles. The van der Waals surface area contributed by atoms with Gasteiger partial charge in [-0.15, -0.1) is 0 Å². The Morgan fingerprint density at radius 3 is 2.52 bits per heavy atom. The predicted molar refractivity (Wildman–Crippen MR) is 114 cm³/mol. The number of thioether (sulfide) groups is 1. The lowest BCUT2D eigenvalue weighted by atomic mass is 10.1. The molecule has 5 nitrogen and oxygen atoms in total. The van der Waals surface area contributed by atoms with Gasteiger partial charge in [0.05, 0.1) is 5.75 Å². The van der Waals surface area contributed by atoms with E-state index in [2.05, 4.69) is 46.2 Å². The fraction of sp³-hybridized carbons (Fsp3) is 0.450. The second kappa shape index (κ2) is 11.8. The molecule has 0 saturated carbocycles. The van der Waals surface area contributed by atoms with Crippen LogP contribution in [-0.4, -0.2) is 41.3 Å². The quantitative estimate of drug-likeness (QED) is 0.344. The van der Waals surface area contributed by atoms with Crippen molar-refractivity contribution in [2.75, 3.05) is 30.3 Å². The SMILES string of the molecule is CCCN(CCC)c1cc(Cl)nc(SCC(=O)NCCc2ccccc2)n1. The van der Waals surface area contributed by atoms with Gasteiger partial charge in [0.1, 0.15) is 11.0 Å². The highest BCUT2D eigenvalue weighted by atomic mass is 35.5. The van der Waals surface area contributed by atoms with Crippen molar-refractivity contribution in [2.24, 2.45) is 0 Å². The highest BCUT2D eigenvalue weighted by Crippen LogP contribution is 2.22. The number of anilines is 1. The first-order chi connectivity index (χ1) is 13.1. The van der Waals surface area contributed by atoms with Crippen molar-refractivity contribution in [2.45, 2.75) is 38.3 Å². The summed E-state index contributed by atoms with van der Waals surface area (Å²) in [6, 6.07) is 11.9. The molecule has 0 bridgehead atoms. The maximum Gasteiger partial charge on any atom is 0.230 e. The average molecular weight is 407 g/mol. The van der Waals surface area contributed by atoms with Gasteiger partial charge in [0.15, 0.2) is 5.16 Å². The molecule has 146 valence electrons. The van der Waals surface area contributed by atoms with Crippen molar-refractivity contribution in [3.8, 4) is 0 Å². The number of aromatic nitrogens is 2. The number of rotatable bonds is 11. The molecule has 1 aromatic heterocycles. The Morgan fingerprint density at radius 1 is 1.15 bits per heavy atom. The van der Waals surface area contributed by atoms with E-state index in [0.717, 1.165) is 38.2 Å². The van der Waals surface area contributed by atoms with E-state index in [9.17, 15) is 4.79 Å². The minimum atomic E-state index is -0.0278. The first-order valence-electron chi connectivity index (χ1n) is 9.35. The third-order valence-corrected chi connectivity index (χ3v) is 4.92. The van der Waals surface area contributed by atoms with Crippen LogP contribution >= 0.6 is 23.4 Å². The van der Waals surface area contributed by atoms with Gasteiger partial charge in [-0.3, -0.25) is 4.79 Å². The molecule has 1 heterocycles. The van der Waals surface area contributed by atoms with E-state index in [0.29, 0.717) is 16.9 Å². The van der Waals surface area contributed by atoms with Gasteiger partial charge in [-0.1, -0.05) is 67.5 Å². The summed E-state index contributed by atoms with van der Waals surface area (Å²) in [5, 5.41) is 3.88. The van der Waals surface area contributed by atoms with Gasteiger partial charge in [0.2, 0.25) is 5.91 Å². The monoisotopic (exact) mass is 406 g/mol. The van der Waals surface area contributed by atoms with E-state index in [-0.39, 0.29) is 11.7 Å². The van der Waals surface area contributed by atoms with Gasteiger partial charge in [0.25, 0.3) is 0 Å². The summed E-state index contributed by atoms with van der Waals surface area (Å²) in [4.78, 5) is 23.1. The Morgan fingerprint density at radius 2 is 1.85 bits per heavy atom. The summed E-state index contributed by atoms with van der Waals surface area (Å²) < 4.78 is 0. The van der Waals surface area contributed by atoms with Crippen LogP contribution in [0.15, 0.2) is 41.6 Å². The average Bonchev–Trinajstić information content (AvgIpc) is 2.67. The number of carbonyl (C=O) groups excluding carboxylic acids is 1. The Balaban J connectivity index is 1.86. The van der Waals surface area contributed by atoms with Gasteiger partial charge in [-0.2, -0.15) is 0 Å². The fourth-order valence-corrected chi connectivity index (χ4v) is 3.58. The van der Waals surface area contributed by atoms with E-state index in [1.807, 2.05) is 18.2 Å². The van der Waals surface area contributed by atoms with E-state index >= 15 is 0 Å². The number of nitrogens with zero attached hydrogens (tertiary/aromatic N) is 3. The summed E-state index contributed by atoms with van der Waals surface area (Å²) in [5.41, 5.74) is 1.21. The molecule has 0 aliphatic carbocycles. The van der Waals surface area contributed by atoms with Crippen LogP contribution in [0.4, 0.5) is 5.82 Å². The Labute approximate surface area is 170 Å². The molecule has 1 amide bonds. The zero-order valence-electron chi connectivity index (χ0n) is 15.9. The van der Waals surface area contributed by atoms with Crippen LogP contribution in [0.2, 0.25) is 5.15 Å². The molecule has 0 spiro atoms. The van der Waals surface area contributed by atoms with E-state index in [4.69, 9.17) is 11.6 Å². The minimum absolute atomic E-state index is 0.0278. The van der Waals surface area contributed by atoms with Crippen molar-refractivity contribution in [1.29, 1.82) is 0 Å². The molecule has 1 aromatic carbocycles. The second-order valence-corrected chi connectivity index (χ2v) is 7.52. The summed E-state index contributed by atoms with van der Waals surface area (Å²) >= 11 is 7.48. The number of carbonyl (C=O) groups is 1. The molecule has 1 N–H and O–H groups in total. The summed E-state index contributed by atoms with van der Waals surface area (Å²) in [7, 11) is 0. The normalized spacial score (nSPS) is 10.6. The smallest absolute Gasteiger partial charge is 0.230 e. The zero-order chi connectivity index (χ0) is 19.5.